The number of hydrogen-bond donors (Lipinski definition) is 1. The largest absolute Gasteiger partial charge is 0.344 e. The first-order valence-corrected chi connectivity index (χ1v) is 5.17. The van der Waals surface area contributed by atoms with E-state index in [4.69, 9.17) is 5.73 Å². The summed E-state index contributed by atoms with van der Waals surface area (Å²) in [4.78, 5) is 13.4. The van der Waals surface area contributed by atoms with Gasteiger partial charge in [-0.05, 0) is 24.7 Å². The Morgan fingerprint density at radius 2 is 2.36 bits per heavy atom. The summed E-state index contributed by atoms with van der Waals surface area (Å²) in [7, 11) is 1.83. The molecular weight excluding hydrogens is 176 g/mol. The van der Waals surface area contributed by atoms with Crippen molar-refractivity contribution in [2.24, 2.45) is 17.6 Å². The molecule has 1 amide bonds. The summed E-state index contributed by atoms with van der Waals surface area (Å²) in [5.74, 6) is 1.50. The van der Waals surface area contributed by atoms with Gasteiger partial charge in [-0.25, -0.2) is 0 Å². The molecule has 3 unspecified atom stereocenters. The Hall–Kier alpha value is -0.830. The van der Waals surface area contributed by atoms with Gasteiger partial charge in [-0.15, -0.1) is 6.58 Å². The number of carbonyl (C=O) groups excluding carboxylic acids is 1. The molecule has 80 valence electrons. The lowest BCUT2D eigenvalue weighted by molar-refractivity contribution is -0.131. The van der Waals surface area contributed by atoms with Gasteiger partial charge in [0.15, 0.2) is 0 Å². The second-order valence-corrected chi connectivity index (χ2v) is 4.32. The fourth-order valence-corrected chi connectivity index (χ4v) is 1.66. The Bertz CT molecular complexity index is 227. The first kappa shape index (κ1) is 11.2. The van der Waals surface area contributed by atoms with Crippen molar-refractivity contribution in [1.29, 1.82) is 0 Å². The number of rotatable bonds is 5. The van der Waals surface area contributed by atoms with Crippen molar-refractivity contribution >= 4 is 5.91 Å². The molecular formula is C11H20N2O. The molecule has 1 aliphatic rings. The van der Waals surface area contributed by atoms with E-state index in [2.05, 4.69) is 13.5 Å². The Kier molecular flexibility index (Phi) is 3.69. The maximum absolute atomic E-state index is 11.7. The molecule has 0 heterocycles. The molecule has 0 spiro atoms. The number of carbonyl (C=O) groups is 1. The van der Waals surface area contributed by atoms with Crippen molar-refractivity contribution in [2.45, 2.75) is 25.8 Å². The van der Waals surface area contributed by atoms with Crippen LogP contribution in [0.4, 0.5) is 0 Å². The molecule has 1 fully saturated rings. The highest BCUT2D eigenvalue weighted by Gasteiger charge is 2.34. The Morgan fingerprint density at radius 3 is 2.79 bits per heavy atom. The Labute approximate surface area is 86.0 Å². The number of nitrogens with zero attached hydrogens (tertiary/aromatic N) is 1. The van der Waals surface area contributed by atoms with Crippen molar-refractivity contribution in [3.05, 3.63) is 12.7 Å². The third-order valence-corrected chi connectivity index (χ3v) is 2.90. The maximum atomic E-state index is 11.7. The van der Waals surface area contributed by atoms with Crippen LogP contribution in [0.1, 0.15) is 19.8 Å². The average Bonchev–Trinajstić information content (AvgIpc) is 2.80. The zero-order valence-electron chi connectivity index (χ0n) is 9.07. The van der Waals surface area contributed by atoms with E-state index in [1.54, 1.807) is 11.0 Å². The minimum Gasteiger partial charge on any atom is -0.344 e. The van der Waals surface area contributed by atoms with Crippen LogP contribution in [-0.4, -0.2) is 30.4 Å². The van der Waals surface area contributed by atoms with E-state index in [1.165, 1.54) is 6.42 Å². The number of amides is 1. The molecule has 3 heteroatoms. The molecule has 3 atom stereocenters. The first-order chi connectivity index (χ1) is 6.56. The predicted molar refractivity (Wildman–Crippen MR) is 57.7 cm³/mol. The van der Waals surface area contributed by atoms with E-state index in [0.29, 0.717) is 12.3 Å². The molecule has 3 nitrogen and oxygen atoms in total. The highest BCUT2D eigenvalue weighted by atomic mass is 16.2. The second-order valence-electron chi connectivity index (χ2n) is 4.32. The normalized spacial score (nSPS) is 26.8. The van der Waals surface area contributed by atoms with Crippen LogP contribution in [0.2, 0.25) is 0 Å². The van der Waals surface area contributed by atoms with Crippen LogP contribution in [0, 0.1) is 11.8 Å². The van der Waals surface area contributed by atoms with Crippen LogP contribution in [0.25, 0.3) is 0 Å². The number of likely N-dealkylation sites (N-methyl/N-ethyl adjacent to an activating group) is 1. The van der Waals surface area contributed by atoms with Gasteiger partial charge >= 0.3 is 0 Å². The van der Waals surface area contributed by atoms with Crippen LogP contribution < -0.4 is 5.73 Å². The van der Waals surface area contributed by atoms with Crippen LogP contribution in [0.15, 0.2) is 12.7 Å². The molecule has 0 aromatic heterocycles. The smallest absolute Gasteiger partial charge is 0.239 e. The van der Waals surface area contributed by atoms with Gasteiger partial charge in [0, 0.05) is 13.6 Å². The summed E-state index contributed by atoms with van der Waals surface area (Å²) in [5.41, 5.74) is 5.70. The van der Waals surface area contributed by atoms with Gasteiger partial charge < -0.3 is 10.6 Å². The van der Waals surface area contributed by atoms with Gasteiger partial charge in [0.2, 0.25) is 5.91 Å². The van der Waals surface area contributed by atoms with Crippen molar-refractivity contribution in [2.75, 3.05) is 13.6 Å². The topological polar surface area (TPSA) is 46.3 Å². The molecule has 1 aliphatic carbocycles. The molecule has 1 rings (SSSR count). The molecule has 0 aromatic rings. The lowest BCUT2D eigenvalue weighted by atomic mass is 10.2. The summed E-state index contributed by atoms with van der Waals surface area (Å²) in [6, 6.07) is -0.411. The van der Waals surface area contributed by atoms with Crippen molar-refractivity contribution in [3.63, 3.8) is 0 Å². The van der Waals surface area contributed by atoms with Gasteiger partial charge in [0.1, 0.15) is 0 Å². The predicted octanol–water partition coefficient (Wildman–Crippen LogP) is 1.00. The van der Waals surface area contributed by atoms with E-state index in [1.807, 2.05) is 7.05 Å². The minimum absolute atomic E-state index is 0.0315. The van der Waals surface area contributed by atoms with E-state index >= 15 is 0 Å². The number of hydrogen-bond acceptors (Lipinski definition) is 2. The first-order valence-electron chi connectivity index (χ1n) is 5.17. The number of nitrogens with two attached hydrogens (primary N) is 1. The summed E-state index contributed by atoms with van der Waals surface area (Å²) < 4.78 is 0. The molecule has 0 aromatic carbocycles. The van der Waals surface area contributed by atoms with E-state index in [9.17, 15) is 4.79 Å². The van der Waals surface area contributed by atoms with Crippen molar-refractivity contribution < 1.29 is 4.79 Å². The molecule has 0 saturated heterocycles. The van der Waals surface area contributed by atoms with Gasteiger partial charge in [-0.3, -0.25) is 4.79 Å². The van der Waals surface area contributed by atoms with E-state index < -0.39 is 6.04 Å². The highest BCUT2D eigenvalue weighted by molar-refractivity contribution is 5.81. The van der Waals surface area contributed by atoms with Gasteiger partial charge in [0.05, 0.1) is 6.04 Å². The van der Waals surface area contributed by atoms with Crippen LogP contribution in [0.3, 0.4) is 0 Å². The SMILES string of the molecule is C=CCC(N)C(=O)N(C)CC1CC1C. The zero-order chi connectivity index (χ0) is 10.7. The summed E-state index contributed by atoms with van der Waals surface area (Å²) in [5, 5.41) is 0. The highest BCUT2D eigenvalue weighted by Crippen LogP contribution is 2.37. The minimum atomic E-state index is -0.411. The molecule has 0 radical (unpaired) electrons. The van der Waals surface area contributed by atoms with Gasteiger partial charge in [-0.2, -0.15) is 0 Å². The third kappa shape index (κ3) is 2.84. The van der Waals surface area contributed by atoms with Crippen LogP contribution in [-0.2, 0) is 4.79 Å². The van der Waals surface area contributed by atoms with E-state index in [0.717, 1.165) is 12.5 Å². The fraction of sp³-hybridized carbons (Fsp3) is 0.727. The maximum Gasteiger partial charge on any atom is 0.239 e. The molecule has 0 bridgehead atoms. The monoisotopic (exact) mass is 196 g/mol. The molecule has 0 aliphatic heterocycles. The quantitative estimate of drug-likeness (QED) is 0.667. The van der Waals surface area contributed by atoms with Gasteiger partial charge in [0.25, 0.3) is 0 Å². The average molecular weight is 196 g/mol. The lowest BCUT2D eigenvalue weighted by Gasteiger charge is -2.20. The molecule has 2 N–H and O–H groups in total. The van der Waals surface area contributed by atoms with Gasteiger partial charge in [-0.1, -0.05) is 13.0 Å². The van der Waals surface area contributed by atoms with Crippen LogP contribution >= 0.6 is 0 Å². The fourth-order valence-electron chi connectivity index (χ4n) is 1.66. The Morgan fingerprint density at radius 1 is 1.79 bits per heavy atom. The third-order valence-electron chi connectivity index (χ3n) is 2.90. The molecule has 14 heavy (non-hydrogen) atoms. The second kappa shape index (κ2) is 4.60. The zero-order valence-corrected chi connectivity index (χ0v) is 9.07. The summed E-state index contributed by atoms with van der Waals surface area (Å²) in [6.45, 7) is 6.64. The van der Waals surface area contributed by atoms with Crippen molar-refractivity contribution in [1.82, 2.24) is 4.90 Å². The van der Waals surface area contributed by atoms with Crippen molar-refractivity contribution in [3.8, 4) is 0 Å². The standard InChI is InChI=1S/C11H20N2O/c1-4-5-10(12)11(14)13(3)7-9-6-8(9)2/h4,8-10H,1,5-7,12H2,2-3H3. The lowest BCUT2D eigenvalue weighted by Crippen LogP contribution is -2.42. The van der Waals surface area contributed by atoms with Crippen LogP contribution in [0.5, 0.6) is 0 Å². The molecule has 1 saturated carbocycles. The summed E-state index contributed by atoms with van der Waals surface area (Å²) >= 11 is 0. The van der Waals surface area contributed by atoms with E-state index in [-0.39, 0.29) is 5.91 Å². The summed E-state index contributed by atoms with van der Waals surface area (Å²) in [6.07, 6.45) is 3.49. The Balaban J connectivity index is 2.31.